The number of nitrogens with one attached hydrogen (secondary N) is 1. The maximum absolute atomic E-state index is 13.2. The molecule has 0 unspecified atom stereocenters. The Morgan fingerprint density at radius 2 is 1.94 bits per heavy atom. The predicted molar refractivity (Wildman–Crippen MR) is 127 cm³/mol. The van der Waals surface area contributed by atoms with Gasteiger partial charge in [-0.25, -0.2) is 8.42 Å². The zero-order valence-electron chi connectivity index (χ0n) is 20.5. The number of rotatable bonds is 5. The van der Waals surface area contributed by atoms with E-state index in [1.807, 2.05) is 32.8 Å². The molecule has 1 N–H and O–H groups in total. The Bertz CT molecular complexity index is 952. The van der Waals surface area contributed by atoms with Crippen molar-refractivity contribution in [1.82, 2.24) is 14.7 Å². The summed E-state index contributed by atoms with van der Waals surface area (Å²) in [6.45, 7) is 5.05. The second-order valence-electron chi connectivity index (χ2n) is 8.97. The van der Waals surface area contributed by atoms with Gasteiger partial charge in [-0.2, -0.15) is 0 Å². The summed E-state index contributed by atoms with van der Waals surface area (Å²) in [6.07, 6.45) is 0.769. The molecule has 0 fully saturated rings. The van der Waals surface area contributed by atoms with E-state index >= 15 is 0 Å². The van der Waals surface area contributed by atoms with Crippen molar-refractivity contribution in [2.24, 2.45) is 5.92 Å². The largest absolute Gasteiger partial charge is 0.491 e. The van der Waals surface area contributed by atoms with Gasteiger partial charge in [0.15, 0.2) is 0 Å². The molecule has 33 heavy (non-hydrogen) atoms. The zero-order chi connectivity index (χ0) is 24.9. The van der Waals surface area contributed by atoms with Crippen molar-refractivity contribution in [3.63, 3.8) is 0 Å². The number of hydrogen-bond acceptors (Lipinski definition) is 7. The molecule has 0 aromatic heterocycles. The first-order valence-corrected chi connectivity index (χ1v) is 12.7. The monoisotopic (exact) mass is 484 g/mol. The smallest absolute Gasteiger partial charge is 0.257 e. The van der Waals surface area contributed by atoms with Crippen LogP contribution in [-0.4, -0.2) is 108 Å². The minimum absolute atomic E-state index is 0.0287. The zero-order valence-corrected chi connectivity index (χ0v) is 21.3. The molecule has 1 aromatic carbocycles. The van der Waals surface area contributed by atoms with Gasteiger partial charge in [0, 0.05) is 39.2 Å². The quantitative estimate of drug-likeness (QED) is 0.663. The number of sulfonamides is 1. The van der Waals surface area contributed by atoms with Gasteiger partial charge in [0.05, 0.1) is 36.2 Å². The molecule has 2 amide bonds. The van der Waals surface area contributed by atoms with E-state index in [1.165, 1.54) is 18.2 Å². The first-order chi connectivity index (χ1) is 15.3. The Labute approximate surface area is 196 Å². The highest BCUT2D eigenvalue weighted by molar-refractivity contribution is 7.92. The molecule has 1 aliphatic heterocycles. The number of amides is 2. The van der Waals surface area contributed by atoms with E-state index in [1.54, 1.807) is 24.0 Å². The van der Waals surface area contributed by atoms with Crippen LogP contribution in [-0.2, 0) is 19.6 Å². The molecule has 186 valence electrons. The topological polar surface area (TPSA) is 108 Å². The number of benzene rings is 1. The highest BCUT2D eigenvalue weighted by Crippen LogP contribution is 2.27. The molecular weight excluding hydrogens is 448 g/mol. The van der Waals surface area contributed by atoms with E-state index in [2.05, 4.69) is 4.72 Å². The van der Waals surface area contributed by atoms with E-state index in [4.69, 9.17) is 9.47 Å². The third kappa shape index (κ3) is 7.58. The van der Waals surface area contributed by atoms with Crippen LogP contribution in [0.5, 0.6) is 5.75 Å². The van der Waals surface area contributed by atoms with Crippen LogP contribution >= 0.6 is 0 Å². The van der Waals surface area contributed by atoms with Crippen molar-refractivity contribution >= 4 is 27.5 Å². The van der Waals surface area contributed by atoms with Crippen LogP contribution in [0.15, 0.2) is 18.2 Å². The van der Waals surface area contributed by atoms with E-state index in [0.717, 1.165) is 6.26 Å². The third-order valence-corrected chi connectivity index (χ3v) is 6.13. The van der Waals surface area contributed by atoms with Gasteiger partial charge in [0.1, 0.15) is 12.4 Å². The lowest BCUT2D eigenvalue weighted by atomic mass is 10.0. The first-order valence-electron chi connectivity index (χ1n) is 10.8. The van der Waals surface area contributed by atoms with Crippen LogP contribution in [0, 0.1) is 5.92 Å². The van der Waals surface area contributed by atoms with E-state index in [-0.39, 0.29) is 54.5 Å². The summed E-state index contributed by atoms with van der Waals surface area (Å²) >= 11 is 0. The van der Waals surface area contributed by atoms with Gasteiger partial charge in [-0.1, -0.05) is 6.92 Å². The van der Waals surface area contributed by atoms with Crippen LogP contribution in [0.1, 0.15) is 24.2 Å². The Morgan fingerprint density at radius 1 is 1.27 bits per heavy atom. The lowest BCUT2D eigenvalue weighted by Crippen LogP contribution is -2.50. The first kappa shape index (κ1) is 26.9. The summed E-state index contributed by atoms with van der Waals surface area (Å²) in [7, 11) is 3.45. The summed E-state index contributed by atoms with van der Waals surface area (Å²) in [5.74, 6) is -0.0834. The third-order valence-electron chi connectivity index (χ3n) is 5.52. The van der Waals surface area contributed by atoms with Gasteiger partial charge in [-0.3, -0.25) is 14.3 Å². The maximum atomic E-state index is 13.2. The highest BCUT2D eigenvalue weighted by Gasteiger charge is 2.30. The maximum Gasteiger partial charge on any atom is 0.257 e. The summed E-state index contributed by atoms with van der Waals surface area (Å²) < 4.78 is 37.4. The summed E-state index contributed by atoms with van der Waals surface area (Å²) in [5, 5.41) is 0. The lowest BCUT2D eigenvalue weighted by molar-refractivity contribution is -0.136. The van der Waals surface area contributed by atoms with Gasteiger partial charge in [0.25, 0.3) is 5.91 Å². The number of carbonyl (C=O) groups is 2. The summed E-state index contributed by atoms with van der Waals surface area (Å²) in [6, 6.07) is 4.26. The highest BCUT2D eigenvalue weighted by atomic mass is 32.2. The molecule has 10 nitrogen and oxygen atoms in total. The molecule has 1 aliphatic rings. The van der Waals surface area contributed by atoms with Crippen molar-refractivity contribution in [3.8, 4) is 5.75 Å². The second kappa shape index (κ2) is 11.2. The fourth-order valence-corrected chi connectivity index (χ4v) is 4.31. The molecule has 0 spiro atoms. The summed E-state index contributed by atoms with van der Waals surface area (Å²) in [5.41, 5.74) is 0.591. The molecule has 3 atom stereocenters. The standard InChI is InChI=1S/C22H36N4O6S/c1-15-11-26(21(27)13-24(3)4)16(2)14-32-19-10-17(23-33(7,29)30)8-9-18(19)22(28)25(5)12-20(15)31-6/h8-10,15-16,20,23H,11-14H2,1-7H3/t15-,16+,20-/m0/s1. The molecule has 1 aromatic rings. The Balaban J connectivity index is 2.47. The molecular formula is C22H36N4O6S. The molecule has 2 rings (SSSR count). The number of likely N-dealkylation sites (N-methyl/N-ethyl adjacent to an activating group) is 2. The number of fused-ring (bicyclic) bond motifs is 1. The summed E-state index contributed by atoms with van der Waals surface area (Å²) in [4.78, 5) is 31.3. The number of hydrogen-bond donors (Lipinski definition) is 1. The van der Waals surface area contributed by atoms with Gasteiger partial charge in [0.2, 0.25) is 15.9 Å². The Kier molecular flexibility index (Phi) is 9.10. The molecule has 1 heterocycles. The molecule has 0 saturated carbocycles. The van der Waals surface area contributed by atoms with Crippen molar-refractivity contribution in [3.05, 3.63) is 23.8 Å². The normalized spacial score (nSPS) is 22.8. The number of ether oxygens (including phenoxy) is 2. The van der Waals surface area contributed by atoms with E-state index in [9.17, 15) is 18.0 Å². The minimum Gasteiger partial charge on any atom is -0.491 e. The number of carbonyl (C=O) groups excluding carboxylic acids is 2. The van der Waals surface area contributed by atoms with Gasteiger partial charge < -0.3 is 24.2 Å². The van der Waals surface area contributed by atoms with E-state index in [0.29, 0.717) is 18.7 Å². The van der Waals surface area contributed by atoms with Crippen LogP contribution in [0.3, 0.4) is 0 Å². The van der Waals surface area contributed by atoms with Crippen LogP contribution in [0.25, 0.3) is 0 Å². The van der Waals surface area contributed by atoms with E-state index < -0.39 is 10.0 Å². The molecule has 0 radical (unpaired) electrons. The average Bonchev–Trinajstić information content (AvgIpc) is 2.70. The van der Waals surface area contributed by atoms with Gasteiger partial charge in [-0.05, 0) is 33.2 Å². The Morgan fingerprint density at radius 3 is 2.52 bits per heavy atom. The fourth-order valence-electron chi connectivity index (χ4n) is 3.76. The van der Waals surface area contributed by atoms with Gasteiger partial charge >= 0.3 is 0 Å². The SMILES string of the molecule is CO[C@H]1CN(C)C(=O)c2ccc(NS(C)(=O)=O)cc2OC[C@@H](C)N(C(=O)CN(C)C)C[C@@H]1C. The number of nitrogens with zero attached hydrogens (tertiary/aromatic N) is 3. The van der Waals surface area contributed by atoms with Crippen molar-refractivity contribution in [2.75, 3.05) is 65.5 Å². The lowest BCUT2D eigenvalue weighted by Gasteiger charge is -2.36. The molecule has 0 saturated heterocycles. The number of methoxy groups -OCH3 is 1. The van der Waals surface area contributed by atoms with Gasteiger partial charge in [-0.15, -0.1) is 0 Å². The van der Waals surface area contributed by atoms with Crippen LogP contribution in [0.4, 0.5) is 5.69 Å². The van der Waals surface area contributed by atoms with Crippen molar-refractivity contribution < 1.29 is 27.5 Å². The van der Waals surface area contributed by atoms with Crippen LogP contribution in [0.2, 0.25) is 0 Å². The fraction of sp³-hybridized carbons (Fsp3) is 0.636. The molecule has 0 aliphatic carbocycles. The Hall–Kier alpha value is -2.37. The van der Waals surface area contributed by atoms with Crippen molar-refractivity contribution in [2.45, 2.75) is 26.0 Å². The van der Waals surface area contributed by atoms with Crippen LogP contribution < -0.4 is 9.46 Å². The second-order valence-corrected chi connectivity index (χ2v) is 10.7. The predicted octanol–water partition coefficient (Wildman–Crippen LogP) is 0.952. The van der Waals surface area contributed by atoms with Crippen molar-refractivity contribution in [1.29, 1.82) is 0 Å². The molecule has 0 bridgehead atoms. The minimum atomic E-state index is -3.50. The average molecular weight is 485 g/mol. The molecule has 11 heteroatoms. The number of anilines is 1.